The molecule has 0 aliphatic carbocycles. The van der Waals surface area contributed by atoms with Gasteiger partial charge in [0.25, 0.3) is 0 Å². The van der Waals surface area contributed by atoms with Crippen LogP contribution < -0.4 is 5.73 Å². The van der Waals surface area contributed by atoms with Crippen molar-refractivity contribution < 1.29 is 4.74 Å². The molecule has 1 aliphatic rings. The lowest BCUT2D eigenvalue weighted by Gasteiger charge is -2.37. The van der Waals surface area contributed by atoms with Gasteiger partial charge in [0, 0.05) is 29.6 Å². The summed E-state index contributed by atoms with van der Waals surface area (Å²) in [7, 11) is 0. The first-order valence-electron chi connectivity index (χ1n) is 5.31. The molecule has 0 saturated carbocycles. The van der Waals surface area contributed by atoms with Crippen molar-refractivity contribution >= 4 is 28.3 Å². The molecule has 0 spiro atoms. The second kappa shape index (κ2) is 6.01. The SMILES string of the molecule is Cl.NCC1(c2ccccc2Br)CCOCC1. The Hall–Kier alpha value is -0.0900. The van der Waals surface area contributed by atoms with Crippen molar-refractivity contribution in [3.8, 4) is 0 Å². The van der Waals surface area contributed by atoms with Crippen molar-refractivity contribution in [3.63, 3.8) is 0 Å². The molecule has 1 aliphatic heterocycles. The molecule has 4 heteroatoms. The highest BCUT2D eigenvalue weighted by Gasteiger charge is 2.34. The van der Waals surface area contributed by atoms with Gasteiger partial charge >= 0.3 is 0 Å². The summed E-state index contributed by atoms with van der Waals surface area (Å²) in [5.41, 5.74) is 7.40. The van der Waals surface area contributed by atoms with E-state index >= 15 is 0 Å². The van der Waals surface area contributed by atoms with Gasteiger partial charge in [0.1, 0.15) is 0 Å². The van der Waals surface area contributed by atoms with E-state index in [0.717, 1.165) is 30.5 Å². The zero-order valence-corrected chi connectivity index (χ0v) is 11.5. The lowest BCUT2D eigenvalue weighted by Crippen LogP contribution is -2.40. The molecule has 0 atom stereocenters. The predicted molar refractivity (Wildman–Crippen MR) is 72.2 cm³/mol. The van der Waals surface area contributed by atoms with Crippen LogP contribution in [0.25, 0.3) is 0 Å². The van der Waals surface area contributed by atoms with Gasteiger partial charge in [-0.3, -0.25) is 0 Å². The van der Waals surface area contributed by atoms with Crippen LogP contribution in [0.3, 0.4) is 0 Å². The zero-order chi connectivity index (χ0) is 10.7. The third-order valence-electron chi connectivity index (χ3n) is 3.29. The Morgan fingerprint density at radius 2 is 1.88 bits per heavy atom. The van der Waals surface area contributed by atoms with E-state index in [1.165, 1.54) is 5.56 Å². The number of hydrogen-bond acceptors (Lipinski definition) is 2. The highest BCUT2D eigenvalue weighted by Crippen LogP contribution is 2.37. The summed E-state index contributed by atoms with van der Waals surface area (Å²) in [5, 5.41) is 0. The van der Waals surface area contributed by atoms with Gasteiger partial charge in [0.15, 0.2) is 0 Å². The molecule has 0 amide bonds. The lowest BCUT2D eigenvalue weighted by atomic mass is 9.74. The second-order valence-corrected chi connectivity index (χ2v) is 4.93. The molecule has 1 aromatic rings. The highest BCUT2D eigenvalue weighted by atomic mass is 79.9. The molecule has 1 fully saturated rings. The first-order chi connectivity index (χ1) is 7.28. The number of hydrogen-bond donors (Lipinski definition) is 1. The Morgan fingerprint density at radius 3 is 2.44 bits per heavy atom. The maximum atomic E-state index is 5.96. The van der Waals surface area contributed by atoms with Crippen LogP contribution in [0.15, 0.2) is 28.7 Å². The van der Waals surface area contributed by atoms with E-state index < -0.39 is 0 Å². The maximum absolute atomic E-state index is 5.96. The van der Waals surface area contributed by atoms with E-state index in [-0.39, 0.29) is 17.8 Å². The molecule has 0 unspecified atom stereocenters. The van der Waals surface area contributed by atoms with Gasteiger partial charge in [0.2, 0.25) is 0 Å². The molecule has 0 bridgehead atoms. The van der Waals surface area contributed by atoms with Crippen LogP contribution in [0.5, 0.6) is 0 Å². The highest BCUT2D eigenvalue weighted by molar-refractivity contribution is 9.10. The number of benzene rings is 1. The quantitative estimate of drug-likeness (QED) is 0.912. The monoisotopic (exact) mass is 305 g/mol. The van der Waals surface area contributed by atoms with Crippen LogP contribution >= 0.6 is 28.3 Å². The van der Waals surface area contributed by atoms with E-state index in [2.05, 4.69) is 34.1 Å². The summed E-state index contributed by atoms with van der Waals surface area (Å²) >= 11 is 3.61. The van der Waals surface area contributed by atoms with Crippen LogP contribution in [0.1, 0.15) is 18.4 Å². The van der Waals surface area contributed by atoms with Crippen molar-refractivity contribution in [1.82, 2.24) is 0 Å². The second-order valence-electron chi connectivity index (χ2n) is 4.08. The molecule has 90 valence electrons. The van der Waals surface area contributed by atoms with Crippen LogP contribution in [-0.4, -0.2) is 19.8 Å². The van der Waals surface area contributed by atoms with Crippen LogP contribution in [0.2, 0.25) is 0 Å². The number of ether oxygens (including phenoxy) is 1. The third-order valence-corrected chi connectivity index (χ3v) is 3.98. The largest absolute Gasteiger partial charge is 0.381 e. The number of halogens is 2. The summed E-state index contributed by atoms with van der Waals surface area (Å²) in [5.74, 6) is 0. The average Bonchev–Trinajstić information content (AvgIpc) is 2.30. The lowest BCUT2D eigenvalue weighted by molar-refractivity contribution is 0.0527. The first-order valence-corrected chi connectivity index (χ1v) is 6.11. The molecular weight excluding hydrogens is 289 g/mol. The molecule has 2 rings (SSSR count). The Bertz CT molecular complexity index is 340. The van der Waals surface area contributed by atoms with E-state index in [0.29, 0.717) is 6.54 Å². The first kappa shape index (κ1) is 14.0. The smallest absolute Gasteiger partial charge is 0.0475 e. The van der Waals surface area contributed by atoms with Crippen LogP contribution in [-0.2, 0) is 10.2 Å². The Labute approximate surface area is 111 Å². The predicted octanol–water partition coefficient (Wildman–Crippen LogP) is 2.88. The van der Waals surface area contributed by atoms with E-state index in [1.54, 1.807) is 0 Å². The van der Waals surface area contributed by atoms with Gasteiger partial charge in [-0.1, -0.05) is 34.1 Å². The van der Waals surface area contributed by atoms with Gasteiger partial charge in [-0.2, -0.15) is 0 Å². The minimum atomic E-state index is 0. The summed E-state index contributed by atoms with van der Waals surface area (Å²) in [4.78, 5) is 0. The molecule has 0 radical (unpaired) electrons. The van der Waals surface area contributed by atoms with Gasteiger partial charge in [-0.25, -0.2) is 0 Å². The van der Waals surface area contributed by atoms with Gasteiger partial charge in [-0.15, -0.1) is 12.4 Å². The Kier molecular flexibility index (Phi) is 5.25. The van der Waals surface area contributed by atoms with E-state index in [9.17, 15) is 0 Å². The number of nitrogens with two attached hydrogens (primary N) is 1. The molecular formula is C12H17BrClNO. The zero-order valence-electron chi connectivity index (χ0n) is 9.12. The summed E-state index contributed by atoms with van der Waals surface area (Å²) in [6, 6.07) is 8.37. The molecule has 1 heterocycles. The van der Waals surface area contributed by atoms with Crippen molar-refractivity contribution in [2.24, 2.45) is 5.73 Å². The van der Waals surface area contributed by atoms with Crippen LogP contribution in [0, 0.1) is 0 Å². The van der Waals surface area contributed by atoms with Crippen LogP contribution in [0.4, 0.5) is 0 Å². The third kappa shape index (κ3) is 2.59. The maximum Gasteiger partial charge on any atom is 0.0475 e. The van der Waals surface area contributed by atoms with E-state index in [1.807, 2.05) is 6.07 Å². The summed E-state index contributed by atoms with van der Waals surface area (Å²) in [6.45, 7) is 2.33. The van der Waals surface area contributed by atoms with Crippen molar-refractivity contribution in [1.29, 1.82) is 0 Å². The van der Waals surface area contributed by atoms with Gasteiger partial charge < -0.3 is 10.5 Å². The topological polar surface area (TPSA) is 35.2 Å². The van der Waals surface area contributed by atoms with Gasteiger partial charge in [-0.05, 0) is 24.5 Å². The molecule has 16 heavy (non-hydrogen) atoms. The average molecular weight is 307 g/mol. The normalized spacial score (nSPS) is 18.9. The molecule has 0 aromatic heterocycles. The van der Waals surface area contributed by atoms with Crippen molar-refractivity contribution in [2.45, 2.75) is 18.3 Å². The Morgan fingerprint density at radius 1 is 1.25 bits per heavy atom. The fourth-order valence-electron chi connectivity index (χ4n) is 2.24. The van der Waals surface area contributed by atoms with E-state index in [4.69, 9.17) is 10.5 Å². The molecule has 2 nitrogen and oxygen atoms in total. The minimum Gasteiger partial charge on any atom is -0.381 e. The standard InChI is InChI=1S/C12H16BrNO.ClH/c13-11-4-2-1-3-10(11)12(9-14)5-7-15-8-6-12;/h1-4H,5-9,14H2;1H. The fraction of sp³-hybridized carbons (Fsp3) is 0.500. The molecule has 1 saturated heterocycles. The molecule has 2 N–H and O–H groups in total. The molecule has 1 aromatic carbocycles. The minimum absolute atomic E-state index is 0. The fourth-order valence-corrected chi connectivity index (χ4v) is 2.94. The van der Waals surface area contributed by atoms with Gasteiger partial charge in [0.05, 0.1) is 0 Å². The van der Waals surface area contributed by atoms with Crippen molar-refractivity contribution in [2.75, 3.05) is 19.8 Å². The summed E-state index contributed by atoms with van der Waals surface area (Å²) < 4.78 is 6.58. The van der Waals surface area contributed by atoms with Crippen molar-refractivity contribution in [3.05, 3.63) is 34.3 Å². The Balaban J connectivity index is 0.00000128. The summed E-state index contributed by atoms with van der Waals surface area (Å²) in [6.07, 6.45) is 2.04. The number of rotatable bonds is 2.